The maximum atomic E-state index is 11.5. The van der Waals surface area contributed by atoms with Gasteiger partial charge in [-0.25, -0.2) is 9.48 Å². The average molecular weight is 255 g/mol. The molecule has 3 N–H and O–H groups in total. The Kier molecular flexibility index (Phi) is 4.41. The molecule has 1 heterocycles. The molecule has 0 fully saturated rings. The van der Waals surface area contributed by atoms with Gasteiger partial charge in [-0.1, -0.05) is 6.92 Å². The zero-order chi connectivity index (χ0) is 13.7. The van der Waals surface area contributed by atoms with Crippen LogP contribution >= 0.6 is 0 Å². The maximum absolute atomic E-state index is 11.5. The molecule has 0 radical (unpaired) electrons. The first kappa shape index (κ1) is 13.7. The van der Waals surface area contributed by atoms with Gasteiger partial charge < -0.3 is 10.4 Å². The second kappa shape index (κ2) is 5.80. The van der Waals surface area contributed by atoms with Crippen LogP contribution in [0, 0.1) is 0 Å². The quantitative estimate of drug-likeness (QED) is 0.592. The number of carbonyl (C=O) groups is 2. The molecule has 1 aromatic heterocycles. The molecular weight excluding hydrogens is 242 g/mol. The summed E-state index contributed by atoms with van der Waals surface area (Å²) in [4.78, 5) is 44.5. The van der Waals surface area contributed by atoms with Crippen LogP contribution in [-0.4, -0.2) is 32.8 Å². The van der Waals surface area contributed by atoms with E-state index in [1.165, 1.54) is 0 Å². The molecule has 18 heavy (non-hydrogen) atoms. The van der Waals surface area contributed by atoms with Gasteiger partial charge >= 0.3 is 5.97 Å². The molecule has 0 saturated carbocycles. The normalized spacial score (nSPS) is 11.8. The number of carbonyl (C=O) groups excluding carboxylic acids is 1. The van der Waals surface area contributed by atoms with Gasteiger partial charge in [-0.3, -0.25) is 19.5 Å². The summed E-state index contributed by atoms with van der Waals surface area (Å²) < 4.78 is 0.812. The van der Waals surface area contributed by atoms with Gasteiger partial charge in [0.15, 0.2) is 0 Å². The van der Waals surface area contributed by atoms with Crippen molar-refractivity contribution in [2.45, 2.75) is 25.9 Å². The van der Waals surface area contributed by atoms with E-state index in [1.54, 1.807) is 6.92 Å². The minimum atomic E-state index is -1.15. The number of rotatable bonds is 5. The van der Waals surface area contributed by atoms with Gasteiger partial charge in [-0.05, 0) is 6.42 Å². The second-order valence-corrected chi connectivity index (χ2v) is 3.60. The Labute approximate surface area is 101 Å². The Hall–Kier alpha value is -2.38. The predicted molar refractivity (Wildman–Crippen MR) is 61.2 cm³/mol. The van der Waals surface area contributed by atoms with E-state index in [4.69, 9.17) is 5.11 Å². The number of carboxylic acids is 1. The summed E-state index contributed by atoms with van der Waals surface area (Å²) in [5.41, 5.74) is -1.07. The first-order chi connectivity index (χ1) is 8.43. The molecule has 0 aliphatic carbocycles. The monoisotopic (exact) mass is 255 g/mol. The molecule has 0 aromatic carbocycles. The lowest BCUT2D eigenvalue weighted by atomic mass is 10.2. The summed E-state index contributed by atoms with van der Waals surface area (Å²) in [6.07, 6.45) is 0.223. The fraction of sp³-hybridized carbons (Fsp3) is 0.400. The van der Waals surface area contributed by atoms with E-state index in [-0.39, 0.29) is 6.42 Å². The largest absolute Gasteiger partial charge is 0.480 e. The van der Waals surface area contributed by atoms with Crippen LogP contribution in [-0.2, 0) is 16.1 Å². The first-order valence-electron chi connectivity index (χ1n) is 5.26. The topological polar surface area (TPSA) is 121 Å². The second-order valence-electron chi connectivity index (χ2n) is 3.60. The lowest BCUT2D eigenvalue weighted by molar-refractivity contribution is -0.142. The number of hydrogen-bond acceptors (Lipinski definition) is 4. The summed E-state index contributed by atoms with van der Waals surface area (Å²) in [6.45, 7) is 1.17. The zero-order valence-electron chi connectivity index (χ0n) is 9.67. The van der Waals surface area contributed by atoms with E-state index >= 15 is 0 Å². The van der Waals surface area contributed by atoms with Crippen molar-refractivity contribution < 1.29 is 14.7 Å². The Morgan fingerprint density at radius 1 is 1.44 bits per heavy atom. The fourth-order valence-electron chi connectivity index (χ4n) is 1.30. The molecule has 0 spiro atoms. The van der Waals surface area contributed by atoms with Gasteiger partial charge in [-0.2, -0.15) is 0 Å². The standard InChI is InChI=1S/C10H13N3O5/c1-2-6(10(17)18)11-8(15)5-13-9(16)4-3-7(14)12-13/h3-4,6H,2,5H2,1H3,(H,11,15)(H,12,14)(H,17,18). The number of carboxylic acid groups (broad SMARTS) is 1. The van der Waals surface area contributed by atoms with Crippen molar-refractivity contribution in [1.29, 1.82) is 0 Å². The van der Waals surface area contributed by atoms with Crippen LogP contribution in [0.25, 0.3) is 0 Å². The number of nitrogens with zero attached hydrogens (tertiary/aromatic N) is 1. The third-order valence-corrected chi connectivity index (χ3v) is 2.23. The molecule has 0 bridgehead atoms. The van der Waals surface area contributed by atoms with Crippen LogP contribution in [0.3, 0.4) is 0 Å². The van der Waals surface area contributed by atoms with Gasteiger partial charge in [0, 0.05) is 12.1 Å². The highest BCUT2D eigenvalue weighted by molar-refractivity contribution is 5.83. The highest BCUT2D eigenvalue weighted by atomic mass is 16.4. The Morgan fingerprint density at radius 3 is 2.67 bits per heavy atom. The van der Waals surface area contributed by atoms with Crippen molar-refractivity contribution in [3.8, 4) is 0 Å². The van der Waals surface area contributed by atoms with E-state index in [9.17, 15) is 19.2 Å². The molecule has 1 unspecified atom stereocenters. The Balaban J connectivity index is 2.76. The van der Waals surface area contributed by atoms with Crippen LogP contribution in [0.4, 0.5) is 0 Å². The Bertz CT molecular complexity index is 559. The van der Waals surface area contributed by atoms with Gasteiger partial charge in [0.25, 0.3) is 11.1 Å². The van der Waals surface area contributed by atoms with Crippen LogP contribution in [0.5, 0.6) is 0 Å². The molecule has 8 heteroatoms. The third kappa shape index (κ3) is 3.58. The van der Waals surface area contributed by atoms with E-state index in [0.717, 1.165) is 16.8 Å². The van der Waals surface area contributed by atoms with Crippen LogP contribution in [0.2, 0.25) is 0 Å². The summed E-state index contributed by atoms with van der Waals surface area (Å²) in [5, 5.41) is 13.2. The molecule has 1 aromatic rings. The average Bonchev–Trinajstić information content (AvgIpc) is 2.30. The zero-order valence-corrected chi connectivity index (χ0v) is 9.67. The lowest BCUT2D eigenvalue weighted by Crippen LogP contribution is -2.43. The molecule has 1 amide bonds. The summed E-state index contributed by atoms with van der Waals surface area (Å²) in [5.74, 6) is -1.81. The van der Waals surface area contributed by atoms with Gasteiger partial charge in [0.05, 0.1) is 0 Å². The smallest absolute Gasteiger partial charge is 0.326 e. The number of hydrogen-bond donors (Lipinski definition) is 3. The van der Waals surface area contributed by atoms with Crippen molar-refractivity contribution in [3.05, 3.63) is 32.8 Å². The Morgan fingerprint density at radius 2 is 2.11 bits per heavy atom. The van der Waals surface area contributed by atoms with Gasteiger partial charge in [-0.15, -0.1) is 0 Å². The van der Waals surface area contributed by atoms with Gasteiger partial charge in [0.1, 0.15) is 12.6 Å². The minimum Gasteiger partial charge on any atom is -0.480 e. The number of aromatic amines is 1. The molecule has 1 rings (SSSR count). The minimum absolute atomic E-state index is 0.223. The maximum Gasteiger partial charge on any atom is 0.326 e. The highest BCUT2D eigenvalue weighted by Crippen LogP contribution is 1.90. The highest BCUT2D eigenvalue weighted by Gasteiger charge is 2.17. The van der Waals surface area contributed by atoms with Crippen LogP contribution < -0.4 is 16.4 Å². The summed E-state index contributed by atoms with van der Waals surface area (Å²) in [7, 11) is 0. The molecule has 98 valence electrons. The lowest BCUT2D eigenvalue weighted by Gasteiger charge is -2.12. The molecule has 0 saturated heterocycles. The molecule has 0 aliphatic heterocycles. The van der Waals surface area contributed by atoms with Crippen LogP contribution in [0.1, 0.15) is 13.3 Å². The first-order valence-corrected chi connectivity index (χ1v) is 5.26. The number of nitrogens with one attached hydrogen (secondary N) is 2. The number of aromatic nitrogens is 2. The predicted octanol–water partition coefficient (Wildman–Crippen LogP) is -1.48. The number of aliphatic carboxylic acids is 1. The molecule has 0 aliphatic rings. The van der Waals surface area contributed by atoms with Crippen LogP contribution in [0.15, 0.2) is 21.7 Å². The van der Waals surface area contributed by atoms with Crippen molar-refractivity contribution in [3.63, 3.8) is 0 Å². The summed E-state index contributed by atoms with van der Waals surface area (Å²) >= 11 is 0. The SMILES string of the molecule is CCC(NC(=O)Cn1[nH]c(=O)ccc1=O)C(=O)O. The molecule has 8 nitrogen and oxygen atoms in total. The van der Waals surface area contributed by atoms with Crippen molar-refractivity contribution >= 4 is 11.9 Å². The van der Waals surface area contributed by atoms with E-state index < -0.39 is 35.6 Å². The number of amides is 1. The van der Waals surface area contributed by atoms with Crippen molar-refractivity contribution in [1.82, 2.24) is 15.1 Å². The van der Waals surface area contributed by atoms with Gasteiger partial charge in [0.2, 0.25) is 5.91 Å². The van der Waals surface area contributed by atoms with Crippen molar-refractivity contribution in [2.75, 3.05) is 0 Å². The van der Waals surface area contributed by atoms with E-state index in [1.807, 2.05) is 0 Å². The van der Waals surface area contributed by atoms with E-state index in [0.29, 0.717) is 0 Å². The molecule has 1 atom stereocenters. The molecular formula is C10H13N3O5. The fourth-order valence-corrected chi connectivity index (χ4v) is 1.30. The van der Waals surface area contributed by atoms with Crippen molar-refractivity contribution in [2.24, 2.45) is 0 Å². The van der Waals surface area contributed by atoms with E-state index in [2.05, 4.69) is 10.4 Å². The third-order valence-electron chi connectivity index (χ3n) is 2.23. The number of H-pyrrole nitrogens is 1. The summed E-state index contributed by atoms with van der Waals surface area (Å²) in [6, 6.07) is 1.06.